The van der Waals surface area contributed by atoms with Crippen LogP contribution in [-0.4, -0.2) is 45.7 Å². The fourth-order valence-corrected chi connectivity index (χ4v) is 2.85. The van der Waals surface area contributed by atoms with Crippen molar-refractivity contribution >= 4 is 23.3 Å². The van der Waals surface area contributed by atoms with Crippen molar-refractivity contribution in [1.82, 2.24) is 0 Å². The van der Waals surface area contributed by atoms with E-state index in [2.05, 4.69) is 41.4 Å². The molecule has 150 valence electrons. The maximum Gasteiger partial charge on any atom is 0.338 e. The van der Waals surface area contributed by atoms with Gasteiger partial charge in [0.1, 0.15) is 6.54 Å². The number of nitrogens with zero attached hydrogens (tertiary/aromatic N) is 1. The van der Waals surface area contributed by atoms with Crippen LogP contribution in [-0.2, 0) is 16.1 Å². The standard InChI is InChI=1S/C22H29N3O3/c1-5-25(15-17-7-13-20(14-8-17)24(3)4)16-21(26)23-19-11-9-18(10-12-19)22(27)28-6-2/h7-14H,5-6,15-16H2,1-4H3,(H,23,26)/p+1. The summed E-state index contributed by atoms with van der Waals surface area (Å²) in [6.45, 7) is 6.20. The minimum absolute atomic E-state index is 0.0503. The van der Waals surface area contributed by atoms with Gasteiger partial charge >= 0.3 is 5.97 Å². The Bertz CT molecular complexity index is 771. The first-order chi connectivity index (χ1) is 13.4. The summed E-state index contributed by atoms with van der Waals surface area (Å²) in [7, 11) is 4.03. The summed E-state index contributed by atoms with van der Waals surface area (Å²) in [4.78, 5) is 27.3. The van der Waals surface area contributed by atoms with Crippen LogP contribution < -0.4 is 15.1 Å². The first-order valence-electron chi connectivity index (χ1n) is 9.59. The molecule has 1 amide bonds. The molecule has 0 saturated heterocycles. The molecule has 0 aliphatic rings. The largest absolute Gasteiger partial charge is 0.462 e. The molecule has 6 heteroatoms. The molecule has 0 aliphatic heterocycles. The van der Waals surface area contributed by atoms with E-state index in [1.54, 1.807) is 31.2 Å². The van der Waals surface area contributed by atoms with Crippen molar-refractivity contribution < 1.29 is 19.2 Å². The van der Waals surface area contributed by atoms with Gasteiger partial charge in [0.2, 0.25) is 0 Å². The molecule has 28 heavy (non-hydrogen) atoms. The van der Waals surface area contributed by atoms with Crippen LogP contribution in [0.4, 0.5) is 11.4 Å². The number of benzene rings is 2. The fourth-order valence-electron chi connectivity index (χ4n) is 2.85. The number of hydrogen-bond donors (Lipinski definition) is 2. The van der Waals surface area contributed by atoms with E-state index in [0.29, 0.717) is 24.4 Å². The highest BCUT2D eigenvalue weighted by molar-refractivity contribution is 5.93. The number of amides is 1. The third kappa shape index (κ3) is 6.39. The zero-order chi connectivity index (χ0) is 20.5. The van der Waals surface area contributed by atoms with Crippen LogP contribution in [0.25, 0.3) is 0 Å². The summed E-state index contributed by atoms with van der Waals surface area (Å²) in [6, 6.07) is 15.1. The highest BCUT2D eigenvalue weighted by Crippen LogP contribution is 2.12. The predicted octanol–water partition coefficient (Wildman–Crippen LogP) is 1.97. The van der Waals surface area contributed by atoms with E-state index in [1.807, 2.05) is 14.1 Å². The number of anilines is 2. The van der Waals surface area contributed by atoms with E-state index in [4.69, 9.17) is 4.74 Å². The van der Waals surface area contributed by atoms with E-state index in [0.717, 1.165) is 18.8 Å². The van der Waals surface area contributed by atoms with Crippen molar-refractivity contribution in [2.45, 2.75) is 20.4 Å². The Balaban J connectivity index is 1.90. The maximum atomic E-state index is 12.4. The van der Waals surface area contributed by atoms with E-state index >= 15 is 0 Å². The number of quaternary nitrogens is 1. The van der Waals surface area contributed by atoms with Gasteiger partial charge in [0.05, 0.1) is 18.7 Å². The molecule has 0 aliphatic carbocycles. The SMILES string of the molecule is CCOC(=O)c1ccc(NC(=O)C[NH+](CC)Cc2ccc(N(C)C)cc2)cc1. The van der Waals surface area contributed by atoms with Crippen LogP contribution in [0, 0.1) is 0 Å². The summed E-state index contributed by atoms with van der Waals surface area (Å²) >= 11 is 0. The molecule has 0 fully saturated rings. The molecule has 0 aromatic heterocycles. The summed E-state index contributed by atoms with van der Waals surface area (Å²) in [6.07, 6.45) is 0. The number of esters is 1. The number of likely N-dealkylation sites (N-methyl/N-ethyl adjacent to an activating group) is 1. The molecule has 2 rings (SSSR count). The van der Waals surface area contributed by atoms with Crippen molar-refractivity contribution in [1.29, 1.82) is 0 Å². The topological polar surface area (TPSA) is 63.1 Å². The molecule has 1 unspecified atom stereocenters. The van der Waals surface area contributed by atoms with Gasteiger partial charge in [0, 0.05) is 31.0 Å². The van der Waals surface area contributed by atoms with Crippen LogP contribution >= 0.6 is 0 Å². The van der Waals surface area contributed by atoms with Crippen molar-refractivity contribution in [3.63, 3.8) is 0 Å². The average molecular weight is 385 g/mol. The van der Waals surface area contributed by atoms with Gasteiger partial charge in [-0.1, -0.05) is 12.1 Å². The summed E-state index contributed by atoms with van der Waals surface area (Å²) in [5, 5.41) is 2.90. The number of carbonyl (C=O) groups is 2. The van der Waals surface area contributed by atoms with Crippen molar-refractivity contribution in [3.8, 4) is 0 Å². The number of hydrogen-bond acceptors (Lipinski definition) is 4. The lowest BCUT2D eigenvalue weighted by atomic mass is 10.2. The highest BCUT2D eigenvalue weighted by Gasteiger charge is 2.14. The Morgan fingerprint density at radius 1 is 1.00 bits per heavy atom. The lowest BCUT2D eigenvalue weighted by molar-refractivity contribution is -0.903. The van der Waals surface area contributed by atoms with Crippen LogP contribution in [0.15, 0.2) is 48.5 Å². The van der Waals surface area contributed by atoms with Crippen LogP contribution in [0.1, 0.15) is 29.8 Å². The predicted molar refractivity (Wildman–Crippen MR) is 112 cm³/mol. The van der Waals surface area contributed by atoms with E-state index in [-0.39, 0.29) is 11.9 Å². The van der Waals surface area contributed by atoms with Gasteiger partial charge in [-0.25, -0.2) is 4.79 Å². The van der Waals surface area contributed by atoms with Crippen molar-refractivity contribution in [2.75, 3.05) is 44.0 Å². The summed E-state index contributed by atoms with van der Waals surface area (Å²) < 4.78 is 4.96. The number of nitrogens with one attached hydrogen (secondary N) is 2. The monoisotopic (exact) mass is 384 g/mol. The maximum absolute atomic E-state index is 12.4. The average Bonchev–Trinajstić information content (AvgIpc) is 2.68. The minimum Gasteiger partial charge on any atom is -0.462 e. The minimum atomic E-state index is -0.359. The summed E-state index contributed by atoms with van der Waals surface area (Å²) in [5.41, 5.74) is 3.51. The van der Waals surface area contributed by atoms with Crippen LogP contribution in [0.5, 0.6) is 0 Å². The second-order valence-corrected chi connectivity index (χ2v) is 6.86. The van der Waals surface area contributed by atoms with Crippen molar-refractivity contribution in [2.24, 2.45) is 0 Å². The highest BCUT2D eigenvalue weighted by atomic mass is 16.5. The Morgan fingerprint density at radius 2 is 1.64 bits per heavy atom. The Kier molecular flexibility index (Phi) is 8.02. The Morgan fingerprint density at radius 3 is 2.18 bits per heavy atom. The molecule has 0 radical (unpaired) electrons. The van der Waals surface area contributed by atoms with Crippen molar-refractivity contribution in [3.05, 3.63) is 59.7 Å². The summed E-state index contributed by atoms with van der Waals surface area (Å²) in [5.74, 6) is -0.409. The molecule has 6 nitrogen and oxygen atoms in total. The molecule has 0 heterocycles. The molecular weight excluding hydrogens is 354 g/mol. The molecule has 2 aromatic carbocycles. The first-order valence-corrected chi connectivity index (χ1v) is 9.59. The zero-order valence-electron chi connectivity index (χ0n) is 17.1. The third-order valence-electron chi connectivity index (χ3n) is 4.50. The van der Waals surface area contributed by atoms with E-state index in [9.17, 15) is 9.59 Å². The van der Waals surface area contributed by atoms with Gasteiger partial charge in [-0.05, 0) is 50.2 Å². The number of rotatable bonds is 9. The zero-order valence-corrected chi connectivity index (χ0v) is 17.1. The quantitative estimate of drug-likeness (QED) is 0.649. The van der Waals surface area contributed by atoms with E-state index in [1.165, 1.54) is 10.5 Å². The molecule has 0 bridgehead atoms. The second kappa shape index (κ2) is 10.5. The third-order valence-corrected chi connectivity index (χ3v) is 4.50. The Hall–Kier alpha value is -2.86. The van der Waals surface area contributed by atoms with Gasteiger partial charge in [-0.3, -0.25) is 4.79 Å². The number of carbonyl (C=O) groups excluding carboxylic acids is 2. The fraction of sp³-hybridized carbons (Fsp3) is 0.364. The molecule has 2 aromatic rings. The Labute approximate surface area is 167 Å². The van der Waals surface area contributed by atoms with Gasteiger partial charge < -0.3 is 19.9 Å². The van der Waals surface area contributed by atoms with Gasteiger partial charge in [-0.2, -0.15) is 0 Å². The molecule has 0 spiro atoms. The lowest BCUT2D eigenvalue weighted by Gasteiger charge is -2.18. The second-order valence-electron chi connectivity index (χ2n) is 6.86. The van der Waals surface area contributed by atoms with Gasteiger partial charge in [-0.15, -0.1) is 0 Å². The normalized spacial score (nSPS) is 11.6. The van der Waals surface area contributed by atoms with Crippen LogP contribution in [0.3, 0.4) is 0 Å². The van der Waals surface area contributed by atoms with Crippen LogP contribution in [0.2, 0.25) is 0 Å². The lowest BCUT2D eigenvalue weighted by Crippen LogP contribution is -3.11. The molecular formula is C22H30N3O3+. The molecule has 0 saturated carbocycles. The first kappa shape index (κ1) is 21.4. The smallest absolute Gasteiger partial charge is 0.338 e. The van der Waals surface area contributed by atoms with Gasteiger partial charge in [0.15, 0.2) is 6.54 Å². The number of ether oxygens (including phenoxy) is 1. The molecule has 2 N–H and O–H groups in total. The van der Waals surface area contributed by atoms with Gasteiger partial charge in [0.25, 0.3) is 5.91 Å². The molecule has 1 atom stereocenters. The van der Waals surface area contributed by atoms with E-state index < -0.39 is 0 Å².